The third-order valence-electron chi connectivity index (χ3n) is 2.98. The van der Waals surface area contributed by atoms with Gasteiger partial charge in [0.1, 0.15) is 5.76 Å². The fraction of sp³-hybridized carbons (Fsp3) is 0.214. The molecule has 21 heavy (non-hydrogen) atoms. The minimum absolute atomic E-state index is 0.0171. The van der Waals surface area contributed by atoms with E-state index in [1.807, 2.05) is 0 Å². The van der Waals surface area contributed by atoms with Crippen molar-refractivity contribution in [2.45, 2.75) is 18.4 Å². The maximum atomic E-state index is 11.7. The molecule has 0 unspecified atom stereocenters. The number of aryl methyl sites for hydroxylation is 1. The molecule has 0 radical (unpaired) electrons. The van der Waals surface area contributed by atoms with Crippen LogP contribution in [0.25, 0.3) is 0 Å². The van der Waals surface area contributed by atoms with Gasteiger partial charge in [-0.3, -0.25) is 0 Å². The van der Waals surface area contributed by atoms with Crippen LogP contribution in [-0.4, -0.2) is 25.7 Å². The van der Waals surface area contributed by atoms with Crippen LogP contribution in [0.1, 0.15) is 21.7 Å². The first-order valence-electron chi connectivity index (χ1n) is 6.13. The van der Waals surface area contributed by atoms with Gasteiger partial charge in [0.15, 0.2) is 9.84 Å². The van der Waals surface area contributed by atoms with E-state index in [9.17, 15) is 18.3 Å². The van der Waals surface area contributed by atoms with Gasteiger partial charge in [0.25, 0.3) is 0 Å². The van der Waals surface area contributed by atoms with Gasteiger partial charge >= 0.3 is 5.97 Å². The van der Waals surface area contributed by atoms with Crippen molar-refractivity contribution in [3.8, 4) is 0 Å². The monoisotopic (exact) mass is 309 g/mol. The van der Waals surface area contributed by atoms with Crippen LogP contribution in [0.4, 0.5) is 5.69 Å². The van der Waals surface area contributed by atoms with Crippen molar-refractivity contribution < 1.29 is 22.7 Å². The van der Waals surface area contributed by atoms with Crippen LogP contribution in [0, 0.1) is 6.92 Å². The lowest BCUT2D eigenvalue weighted by molar-refractivity contribution is 0.0697. The van der Waals surface area contributed by atoms with E-state index in [1.165, 1.54) is 18.4 Å². The number of anilines is 1. The number of rotatable bonds is 5. The third kappa shape index (κ3) is 3.43. The highest BCUT2D eigenvalue weighted by Gasteiger charge is 2.18. The highest BCUT2D eigenvalue weighted by Crippen LogP contribution is 2.25. The molecule has 6 nitrogen and oxygen atoms in total. The number of carbonyl (C=O) groups is 1. The Morgan fingerprint density at radius 2 is 2.10 bits per heavy atom. The molecule has 1 aromatic heterocycles. The molecule has 1 aromatic carbocycles. The van der Waals surface area contributed by atoms with E-state index in [2.05, 4.69) is 5.32 Å². The molecule has 0 bridgehead atoms. The number of hydrogen-bond acceptors (Lipinski definition) is 5. The van der Waals surface area contributed by atoms with Gasteiger partial charge in [-0.25, -0.2) is 13.2 Å². The first-order chi connectivity index (χ1) is 9.79. The zero-order valence-electron chi connectivity index (χ0n) is 11.6. The molecule has 0 fully saturated rings. The van der Waals surface area contributed by atoms with Crippen LogP contribution in [-0.2, 0) is 16.4 Å². The molecule has 2 rings (SSSR count). The van der Waals surface area contributed by atoms with Gasteiger partial charge in [-0.2, -0.15) is 0 Å². The number of nitrogens with one attached hydrogen (secondary N) is 1. The summed E-state index contributed by atoms with van der Waals surface area (Å²) >= 11 is 0. The molecular weight excluding hydrogens is 294 g/mol. The van der Waals surface area contributed by atoms with Crippen molar-refractivity contribution in [1.82, 2.24) is 0 Å². The topological polar surface area (TPSA) is 96.6 Å². The predicted molar refractivity (Wildman–Crippen MR) is 77.3 cm³/mol. The molecule has 0 saturated carbocycles. The van der Waals surface area contributed by atoms with E-state index in [0.29, 0.717) is 23.6 Å². The largest absolute Gasteiger partial charge is 0.478 e. The smallest absolute Gasteiger partial charge is 0.337 e. The van der Waals surface area contributed by atoms with Crippen LogP contribution >= 0.6 is 0 Å². The lowest BCUT2D eigenvalue weighted by atomic mass is 10.1. The van der Waals surface area contributed by atoms with Crippen molar-refractivity contribution in [3.05, 3.63) is 47.4 Å². The maximum absolute atomic E-state index is 11.7. The lowest BCUT2D eigenvalue weighted by Crippen LogP contribution is -2.10. The van der Waals surface area contributed by atoms with Crippen LogP contribution in [0.3, 0.4) is 0 Å². The van der Waals surface area contributed by atoms with Crippen LogP contribution in [0.5, 0.6) is 0 Å². The van der Waals surface area contributed by atoms with Crippen molar-refractivity contribution in [2.75, 3.05) is 11.6 Å². The zero-order valence-corrected chi connectivity index (χ0v) is 12.4. The molecule has 0 spiro atoms. The normalized spacial score (nSPS) is 11.3. The van der Waals surface area contributed by atoms with Crippen LogP contribution in [0.2, 0.25) is 0 Å². The second kappa shape index (κ2) is 5.61. The van der Waals surface area contributed by atoms with Gasteiger partial charge in [-0.1, -0.05) is 0 Å². The summed E-state index contributed by atoms with van der Waals surface area (Å²) < 4.78 is 28.5. The number of aromatic carboxylic acids is 1. The Labute approximate surface area is 122 Å². The van der Waals surface area contributed by atoms with Crippen molar-refractivity contribution in [2.24, 2.45) is 0 Å². The van der Waals surface area contributed by atoms with Crippen molar-refractivity contribution in [1.29, 1.82) is 0 Å². The van der Waals surface area contributed by atoms with E-state index in [1.54, 1.807) is 19.1 Å². The zero-order chi connectivity index (χ0) is 15.6. The molecule has 2 aromatic rings. The average molecular weight is 309 g/mol. The summed E-state index contributed by atoms with van der Waals surface area (Å²) in [6.07, 6.45) is 2.57. The molecule has 112 valence electrons. The predicted octanol–water partition coefficient (Wildman–Crippen LogP) is 2.30. The summed E-state index contributed by atoms with van der Waals surface area (Å²) in [6.45, 7) is 1.94. The molecule has 0 saturated heterocycles. The third-order valence-corrected chi connectivity index (χ3v) is 4.22. The minimum atomic E-state index is -3.47. The highest BCUT2D eigenvalue weighted by atomic mass is 32.2. The Bertz CT molecular complexity index is 763. The molecule has 7 heteroatoms. The second-order valence-corrected chi connectivity index (χ2v) is 6.66. The first-order valence-corrected chi connectivity index (χ1v) is 8.02. The van der Waals surface area contributed by atoms with E-state index in [0.717, 1.165) is 6.26 Å². The molecular formula is C14H15NO5S. The van der Waals surface area contributed by atoms with Gasteiger partial charge in [0, 0.05) is 11.9 Å². The second-order valence-electron chi connectivity index (χ2n) is 4.67. The van der Waals surface area contributed by atoms with Gasteiger partial charge in [0.2, 0.25) is 0 Å². The fourth-order valence-corrected chi connectivity index (χ4v) is 2.98. The van der Waals surface area contributed by atoms with E-state index >= 15 is 0 Å². The summed E-state index contributed by atoms with van der Waals surface area (Å²) in [6, 6.07) is 6.18. The van der Waals surface area contributed by atoms with Gasteiger partial charge in [-0.15, -0.1) is 0 Å². The number of benzene rings is 1. The summed E-state index contributed by atoms with van der Waals surface area (Å²) in [5.41, 5.74) is 0.751. The number of hydrogen-bond donors (Lipinski definition) is 2. The lowest BCUT2D eigenvalue weighted by Gasteiger charge is -2.12. The van der Waals surface area contributed by atoms with Crippen LogP contribution < -0.4 is 5.32 Å². The van der Waals surface area contributed by atoms with Gasteiger partial charge in [-0.05, 0) is 36.8 Å². The van der Waals surface area contributed by atoms with E-state index in [-0.39, 0.29) is 10.5 Å². The highest BCUT2D eigenvalue weighted by molar-refractivity contribution is 7.90. The summed E-state index contributed by atoms with van der Waals surface area (Å²) in [5, 5.41) is 12.2. The van der Waals surface area contributed by atoms with E-state index < -0.39 is 15.8 Å². The number of carboxylic acid groups (broad SMARTS) is 1. The van der Waals surface area contributed by atoms with Crippen molar-refractivity contribution in [3.63, 3.8) is 0 Å². The summed E-state index contributed by atoms with van der Waals surface area (Å²) in [5.74, 6) is -0.543. The quantitative estimate of drug-likeness (QED) is 0.879. The van der Waals surface area contributed by atoms with Gasteiger partial charge < -0.3 is 14.8 Å². The summed E-state index contributed by atoms with van der Waals surface area (Å²) in [4.78, 5) is 11.3. The Balaban J connectivity index is 2.41. The molecule has 0 aliphatic heterocycles. The number of carboxylic acids is 1. The van der Waals surface area contributed by atoms with Crippen LogP contribution in [0.15, 0.2) is 39.8 Å². The Morgan fingerprint density at radius 1 is 1.38 bits per heavy atom. The molecule has 0 aliphatic carbocycles. The standard InChI is InChI=1S/C14H15NO5S/c1-9-6-12(15-8-10-4-3-5-20-10)11(14(16)17)7-13(9)21(2,18)19/h3-7,15H,8H2,1-2H3,(H,16,17). The molecule has 0 atom stereocenters. The maximum Gasteiger partial charge on any atom is 0.337 e. The Hall–Kier alpha value is -2.28. The first kappa shape index (κ1) is 15.1. The molecule has 2 N–H and O–H groups in total. The molecule has 0 aliphatic rings. The SMILES string of the molecule is Cc1cc(NCc2ccco2)c(C(=O)O)cc1S(C)(=O)=O. The van der Waals surface area contributed by atoms with Gasteiger partial charge in [0.05, 0.1) is 23.3 Å². The minimum Gasteiger partial charge on any atom is -0.478 e. The summed E-state index contributed by atoms with van der Waals surface area (Å²) in [7, 11) is -3.47. The van der Waals surface area contributed by atoms with Crippen molar-refractivity contribution >= 4 is 21.5 Å². The molecule has 1 heterocycles. The number of sulfone groups is 1. The van der Waals surface area contributed by atoms with E-state index in [4.69, 9.17) is 4.42 Å². The Kier molecular flexibility index (Phi) is 4.04. The molecule has 0 amide bonds. The Morgan fingerprint density at radius 3 is 2.62 bits per heavy atom. The fourth-order valence-electron chi connectivity index (χ4n) is 2.01. The average Bonchev–Trinajstić information content (AvgIpc) is 2.87. The number of furan rings is 1.